The molecule has 2 atom stereocenters. The fourth-order valence-electron chi connectivity index (χ4n) is 5.79. The first-order valence-electron chi connectivity index (χ1n) is 10.7. The molecule has 4 fully saturated rings. The molecule has 2 bridgehead atoms. The minimum absolute atomic E-state index is 0.00732. The summed E-state index contributed by atoms with van der Waals surface area (Å²) in [7, 11) is 0. The maximum absolute atomic E-state index is 13.6. The zero-order valence-corrected chi connectivity index (χ0v) is 18.5. The summed E-state index contributed by atoms with van der Waals surface area (Å²) in [6.07, 6.45) is 6.26. The zero-order valence-electron chi connectivity index (χ0n) is 17.0. The molecule has 0 radical (unpaired) electrons. The minimum Gasteiger partial charge on any atom is -0.490 e. The number of carbonyl (C=O) groups excluding carboxylic acids is 1. The van der Waals surface area contributed by atoms with Gasteiger partial charge in [-0.15, -0.1) is 0 Å². The first-order valence-corrected chi connectivity index (χ1v) is 11.4. The molecule has 1 amide bonds. The summed E-state index contributed by atoms with van der Waals surface area (Å²) in [5.74, 6) is 1.23. The predicted molar refractivity (Wildman–Crippen MR) is 117 cm³/mol. The van der Waals surface area contributed by atoms with E-state index in [4.69, 9.17) is 32.7 Å². The van der Waals surface area contributed by atoms with Crippen LogP contribution in [0, 0.1) is 17.2 Å². The molecule has 0 saturated heterocycles. The lowest BCUT2D eigenvalue weighted by atomic mass is 9.35. The molecule has 4 aliphatic rings. The van der Waals surface area contributed by atoms with Crippen molar-refractivity contribution in [3.05, 3.63) is 58.3 Å². The molecule has 2 aromatic rings. The summed E-state index contributed by atoms with van der Waals surface area (Å²) in [5, 5.41) is 3.92. The van der Waals surface area contributed by atoms with E-state index in [1.165, 1.54) is 12.1 Å². The van der Waals surface area contributed by atoms with Crippen molar-refractivity contribution in [2.75, 3.05) is 6.61 Å². The van der Waals surface area contributed by atoms with Crippen LogP contribution in [0.4, 0.5) is 4.39 Å². The maximum Gasteiger partial charge on any atom is 0.258 e. The first-order chi connectivity index (χ1) is 14.8. The van der Waals surface area contributed by atoms with E-state index in [2.05, 4.69) is 5.32 Å². The zero-order chi connectivity index (χ0) is 21.6. The summed E-state index contributed by atoms with van der Waals surface area (Å²) in [4.78, 5) is 12.3. The molecule has 0 aliphatic heterocycles. The van der Waals surface area contributed by atoms with Gasteiger partial charge in [-0.2, -0.15) is 0 Å². The Morgan fingerprint density at radius 2 is 1.77 bits per heavy atom. The number of nitrogens with one attached hydrogen (secondary N) is 1. The Labute approximate surface area is 191 Å². The molecule has 2 aromatic carbocycles. The molecule has 164 valence electrons. The molecule has 6 rings (SSSR count). The molecule has 0 aromatic heterocycles. The van der Waals surface area contributed by atoms with E-state index in [9.17, 15) is 9.18 Å². The van der Waals surface area contributed by atoms with Crippen molar-refractivity contribution in [2.24, 2.45) is 11.3 Å². The van der Waals surface area contributed by atoms with Crippen LogP contribution in [0.3, 0.4) is 0 Å². The van der Waals surface area contributed by atoms with E-state index in [0.29, 0.717) is 27.9 Å². The van der Waals surface area contributed by atoms with E-state index < -0.39 is 5.82 Å². The van der Waals surface area contributed by atoms with Crippen LogP contribution in [-0.4, -0.2) is 24.2 Å². The largest absolute Gasteiger partial charge is 0.490 e. The monoisotopic (exact) mass is 463 g/mol. The van der Waals surface area contributed by atoms with Crippen LogP contribution in [0.1, 0.15) is 38.5 Å². The Balaban J connectivity index is 1.07. The molecule has 0 heterocycles. The number of carbonyl (C=O) groups is 1. The van der Waals surface area contributed by atoms with Crippen molar-refractivity contribution in [2.45, 2.75) is 50.2 Å². The van der Waals surface area contributed by atoms with Crippen LogP contribution >= 0.6 is 23.2 Å². The average molecular weight is 464 g/mol. The van der Waals surface area contributed by atoms with Gasteiger partial charge in [-0.05, 0) is 86.3 Å². The van der Waals surface area contributed by atoms with Gasteiger partial charge >= 0.3 is 0 Å². The van der Waals surface area contributed by atoms with Gasteiger partial charge in [0.2, 0.25) is 0 Å². The fraction of sp³-hybridized carbons (Fsp3) is 0.458. The van der Waals surface area contributed by atoms with E-state index >= 15 is 0 Å². The smallest absolute Gasteiger partial charge is 0.258 e. The second-order valence-corrected chi connectivity index (χ2v) is 10.1. The van der Waals surface area contributed by atoms with Crippen molar-refractivity contribution in [3.8, 4) is 11.5 Å². The Morgan fingerprint density at radius 3 is 2.48 bits per heavy atom. The highest BCUT2D eigenvalue weighted by Crippen LogP contribution is 2.72. The van der Waals surface area contributed by atoms with Crippen molar-refractivity contribution in [1.82, 2.24) is 5.32 Å². The topological polar surface area (TPSA) is 47.6 Å². The molecule has 7 heteroatoms. The van der Waals surface area contributed by atoms with Crippen LogP contribution in [0.5, 0.6) is 11.5 Å². The third kappa shape index (κ3) is 4.10. The molecule has 0 spiro atoms. The number of hydrogen-bond donors (Lipinski definition) is 1. The van der Waals surface area contributed by atoms with Crippen molar-refractivity contribution in [1.29, 1.82) is 0 Å². The van der Waals surface area contributed by atoms with Crippen molar-refractivity contribution in [3.63, 3.8) is 0 Å². The van der Waals surface area contributed by atoms with Crippen LogP contribution in [0.2, 0.25) is 10.0 Å². The molecule has 1 N–H and O–H groups in total. The molecule has 2 unspecified atom stereocenters. The van der Waals surface area contributed by atoms with Gasteiger partial charge < -0.3 is 14.8 Å². The number of benzene rings is 2. The van der Waals surface area contributed by atoms with Crippen molar-refractivity contribution < 1.29 is 18.7 Å². The quantitative estimate of drug-likeness (QED) is 0.564. The van der Waals surface area contributed by atoms with Crippen LogP contribution < -0.4 is 14.8 Å². The minimum atomic E-state index is -0.453. The summed E-state index contributed by atoms with van der Waals surface area (Å²) >= 11 is 11.6. The van der Waals surface area contributed by atoms with Crippen LogP contribution in [0.25, 0.3) is 0 Å². The highest BCUT2D eigenvalue weighted by molar-refractivity contribution is 6.30. The van der Waals surface area contributed by atoms with Gasteiger partial charge in [0.1, 0.15) is 17.3 Å². The Bertz CT molecular complexity index is 977. The third-order valence-electron chi connectivity index (χ3n) is 7.10. The van der Waals surface area contributed by atoms with Crippen LogP contribution in [-0.2, 0) is 4.79 Å². The first kappa shape index (κ1) is 20.9. The van der Waals surface area contributed by atoms with Crippen molar-refractivity contribution >= 4 is 29.1 Å². The highest BCUT2D eigenvalue weighted by Gasteiger charge is 2.71. The van der Waals surface area contributed by atoms with Gasteiger partial charge in [-0.1, -0.05) is 23.2 Å². The maximum atomic E-state index is 13.6. The SMILES string of the molecule is O=C(COc1ccc(Cl)cc1)NC12CC(C3CCC(Oc4ccc(Cl)c(F)c4)C3)(C1)C2. The Hall–Kier alpha value is -1.98. The molecule has 31 heavy (non-hydrogen) atoms. The van der Waals surface area contributed by atoms with E-state index in [0.717, 1.165) is 38.5 Å². The van der Waals surface area contributed by atoms with E-state index in [1.54, 1.807) is 30.3 Å². The van der Waals surface area contributed by atoms with E-state index in [-0.39, 0.29) is 29.2 Å². The average Bonchev–Trinajstić information content (AvgIpc) is 3.14. The molecule has 4 saturated carbocycles. The lowest BCUT2D eigenvalue weighted by Gasteiger charge is -2.73. The highest BCUT2D eigenvalue weighted by atomic mass is 35.5. The molecular weight excluding hydrogens is 440 g/mol. The van der Waals surface area contributed by atoms with Gasteiger partial charge in [0.15, 0.2) is 6.61 Å². The third-order valence-corrected chi connectivity index (χ3v) is 7.66. The number of amides is 1. The Kier molecular flexibility index (Phi) is 5.30. The predicted octanol–water partition coefficient (Wildman–Crippen LogP) is 5.80. The molecular formula is C24H24Cl2FNO3. The van der Waals surface area contributed by atoms with Gasteiger partial charge in [-0.3, -0.25) is 4.79 Å². The molecule has 4 aliphatic carbocycles. The summed E-state index contributed by atoms with van der Waals surface area (Å²) in [6, 6.07) is 11.6. The normalized spacial score (nSPS) is 30.8. The lowest BCUT2D eigenvalue weighted by molar-refractivity contribution is -0.194. The van der Waals surface area contributed by atoms with Gasteiger partial charge in [0.25, 0.3) is 5.91 Å². The fourth-order valence-corrected chi connectivity index (χ4v) is 6.03. The Morgan fingerprint density at radius 1 is 1.06 bits per heavy atom. The van der Waals surface area contributed by atoms with Gasteiger partial charge in [-0.25, -0.2) is 4.39 Å². The number of hydrogen-bond acceptors (Lipinski definition) is 3. The molecule has 4 nitrogen and oxygen atoms in total. The van der Waals surface area contributed by atoms with Gasteiger partial charge in [0, 0.05) is 16.6 Å². The lowest BCUT2D eigenvalue weighted by Crippen LogP contribution is -2.76. The summed E-state index contributed by atoms with van der Waals surface area (Å²) < 4.78 is 25.2. The number of halogens is 3. The number of ether oxygens (including phenoxy) is 2. The second kappa shape index (κ2) is 7.86. The summed E-state index contributed by atoms with van der Waals surface area (Å²) in [6.45, 7) is 0.00732. The summed E-state index contributed by atoms with van der Waals surface area (Å²) in [5.41, 5.74) is 0.270. The van der Waals surface area contributed by atoms with Crippen LogP contribution in [0.15, 0.2) is 42.5 Å². The standard InChI is InChI=1S/C24H24Cl2FNO3/c25-16-2-5-17(6-3-16)30-11-22(29)28-24-12-23(13-24,14-24)15-1-4-18(9-15)31-19-7-8-20(26)21(27)10-19/h2-3,5-8,10,15,18H,1,4,9,11-14H2,(H,28,29). The van der Waals surface area contributed by atoms with Gasteiger partial charge in [0.05, 0.1) is 11.1 Å². The second-order valence-electron chi connectivity index (χ2n) is 9.29. The van der Waals surface area contributed by atoms with E-state index in [1.807, 2.05) is 0 Å². The number of rotatable bonds is 7.